The molecule has 90 valence electrons. The quantitative estimate of drug-likeness (QED) is 0.676. The number of imidazole rings is 1. The monoisotopic (exact) mass is 295 g/mol. The Kier molecular flexibility index (Phi) is 2.86. The molecule has 0 spiro atoms. The fourth-order valence-corrected chi connectivity index (χ4v) is 2.50. The fraction of sp³-hybridized carbons (Fsp3) is 0. The van der Waals surface area contributed by atoms with E-state index < -0.39 is 0 Å². The van der Waals surface area contributed by atoms with Gasteiger partial charge in [0.25, 0.3) is 0 Å². The molecule has 0 saturated carbocycles. The zero-order valence-corrected chi connectivity index (χ0v) is 11.4. The first-order valence-electron chi connectivity index (χ1n) is 5.18. The van der Waals surface area contributed by atoms with Crippen molar-refractivity contribution < 1.29 is 0 Å². The highest BCUT2D eigenvalue weighted by Crippen LogP contribution is 2.30. The molecule has 3 rings (SSSR count). The van der Waals surface area contributed by atoms with Gasteiger partial charge in [0, 0.05) is 6.20 Å². The zero-order chi connectivity index (χ0) is 12.7. The smallest absolute Gasteiger partial charge is 0.184 e. The van der Waals surface area contributed by atoms with Gasteiger partial charge in [-0.1, -0.05) is 29.3 Å². The van der Waals surface area contributed by atoms with E-state index in [1.165, 1.54) is 0 Å². The third kappa shape index (κ3) is 1.73. The predicted octanol–water partition coefficient (Wildman–Crippen LogP) is 4.39. The van der Waals surface area contributed by atoms with E-state index in [0.29, 0.717) is 14.8 Å². The van der Waals surface area contributed by atoms with Crippen molar-refractivity contribution in [2.45, 2.75) is 0 Å². The molecule has 2 aromatic heterocycles. The van der Waals surface area contributed by atoms with E-state index in [1.54, 1.807) is 16.8 Å². The summed E-state index contributed by atoms with van der Waals surface area (Å²) in [5.41, 5.74) is 2.31. The van der Waals surface area contributed by atoms with Crippen LogP contribution in [0.4, 0.5) is 0 Å². The van der Waals surface area contributed by atoms with Gasteiger partial charge in [0.05, 0.1) is 21.2 Å². The summed E-state index contributed by atoms with van der Waals surface area (Å²) in [4.78, 5) is 7.40. The van der Waals surface area contributed by atoms with Crippen LogP contribution in [0.15, 0.2) is 36.5 Å². The minimum Gasteiger partial charge on any atom is -0.329 e. The lowest BCUT2D eigenvalue weighted by Crippen LogP contribution is -1.96. The van der Waals surface area contributed by atoms with Crippen molar-refractivity contribution in [2.75, 3.05) is 0 Å². The van der Waals surface area contributed by atoms with Gasteiger partial charge in [0.2, 0.25) is 0 Å². The molecule has 0 aliphatic rings. The summed E-state index contributed by atoms with van der Waals surface area (Å²) in [6.45, 7) is 0. The molecule has 1 aromatic carbocycles. The molecule has 0 saturated heterocycles. The Morgan fingerprint density at radius 2 is 2.00 bits per heavy atom. The maximum atomic E-state index is 6.22. The Morgan fingerprint density at radius 3 is 2.83 bits per heavy atom. The summed E-state index contributed by atoms with van der Waals surface area (Å²) in [5, 5.41) is 0.947. The van der Waals surface area contributed by atoms with Crippen LogP contribution < -0.4 is 0 Å². The summed E-state index contributed by atoms with van der Waals surface area (Å²) in [5.74, 6) is 0. The minimum atomic E-state index is 0.460. The second-order valence-corrected chi connectivity index (χ2v) is 4.88. The van der Waals surface area contributed by atoms with E-state index in [0.717, 1.165) is 16.9 Å². The molecule has 0 atom stereocenters. The summed E-state index contributed by atoms with van der Waals surface area (Å²) in [6.07, 6.45) is 1.71. The van der Waals surface area contributed by atoms with Crippen molar-refractivity contribution in [3.8, 4) is 5.69 Å². The van der Waals surface area contributed by atoms with Crippen molar-refractivity contribution in [2.24, 2.45) is 0 Å². The first-order chi connectivity index (χ1) is 8.68. The molecule has 6 heteroatoms. The molecule has 0 radical (unpaired) electrons. The average molecular weight is 296 g/mol. The van der Waals surface area contributed by atoms with Crippen LogP contribution in [0, 0.1) is 4.77 Å². The van der Waals surface area contributed by atoms with E-state index in [4.69, 9.17) is 35.4 Å². The second kappa shape index (κ2) is 4.39. The number of fused-ring (bicyclic) bond motifs is 1. The molecule has 0 fully saturated rings. The molecular weight excluding hydrogens is 289 g/mol. The molecule has 18 heavy (non-hydrogen) atoms. The predicted molar refractivity (Wildman–Crippen MR) is 76.3 cm³/mol. The van der Waals surface area contributed by atoms with Crippen LogP contribution in [0.5, 0.6) is 0 Å². The van der Waals surface area contributed by atoms with Crippen LogP contribution in [0.25, 0.3) is 16.9 Å². The Balaban J connectivity index is 2.42. The molecule has 0 bridgehead atoms. The minimum absolute atomic E-state index is 0.460. The zero-order valence-electron chi connectivity index (χ0n) is 9.02. The lowest BCUT2D eigenvalue weighted by atomic mass is 10.3. The highest BCUT2D eigenvalue weighted by Gasteiger charge is 2.11. The van der Waals surface area contributed by atoms with Gasteiger partial charge >= 0.3 is 0 Å². The Hall–Kier alpha value is -1.36. The fourth-order valence-electron chi connectivity index (χ4n) is 1.83. The van der Waals surface area contributed by atoms with E-state index in [1.807, 2.05) is 24.3 Å². The van der Waals surface area contributed by atoms with E-state index in [2.05, 4.69) is 9.97 Å². The van der Waals surface area contributed by atoms with Crippen molar-refractivity contribution in [3.63, 3.8) is 0 Å². The highest BCUT2D eigenvalue weighted by molar-refractivity contribution is 7.71. The average Bonchev–Trinajstić information content (AvgIpc) is 2.69. The van der Waals surface area contributed by atoms with Crippen LogP contribution in [-0.2, 0) is 0 Å². The van der Waals surface area contributed by atoms with Crippen molar-refractivity contribution >= 4 is 46.6 Å². The number of aromatic nitrogens is 3. The molecule has 0 amide bonds. The number of rotatable bonds is 1. The first-order valence-corrected chi connectivity index (χ1v) is 6.35. The van der Waals surface area contributed by atoms with Crippen LogP contribution in [0.3, 0.4) is 0 Å². The summed E-state index contributed by atoms with van der Waals surface area (Å²) < 4.78 is 2.31. The lowest BCUT2D eigenvalue weighted by molar-refractivity contribution is 1.04. The third-order valence-electron chi connectivity index (χ3n) is 2.62. The van der Waals surface area contributed by atoms with E-state index in [9.17, 15) is 0 Å². The highest BCUT2D eigenvalue weighted by atomic mass is 35.5. The van der Waals surface area contributed by atoms with E-state index in [-0.39, 0.29) is 0 Å². The summed E-state index contributed by atoms with van der Waals surface area (Å²) in [7, 11) is 0. The summed E-state index contributed by atoms with van der Waals surface area (Å²) >= 11 is 17.5. The number of halogens is 2. The molecule has 0 aliphatic carbocycles. The van der Waals surface area contributed by atoms with Crippen LogP contribution in [0.1, 0.15) is 0 Å². The number of hydrogen-bond donors (Lipinski definition) is 1. The Labute approximate surface area is 118 Å². The van der Waals surface area contributed by atoms with Gasteiger partial charge in [0.15, 0.2) is 10.4 Å². The van der Waals surface area contributed by atoms with Crippen LogP contribution in [-0.4, -0.2) is 14.5 Å². The van der Waals surface area contributed by atoms with Gasteiger partial charge in [-0.25, -0.2) is 4.98 Å². The van der Waals surface area contributed by atoms with Gasteiger partial charge in [-0.15, -0.1) is 0 Å². The number of hydrogen-bond acceptors (Lipinski definition) is 2. The van der Waals surface area contributed by atoms with Gasteiger partial charge in [-0.2, -0.15) is 0 Å². The van der Waals surface area contributed by atoms with Crippen molar-refractivity contribution in [1.82, 2.24) is 14.5 Å². The Morgan fingerprint density at radius 1 is 1.17 bits per heavy atom. The van der Waals surface area contributed by atoms with Crippen molar-refractivity contribution in [1.29, 1.82) is 0 Å². The molecule has 3 nitrogen and oxygen atoms in total. The lowest BCUT2D eigenvalue weighted by Gasteiger charge is -2.07. The van der Waals surface area contributed by atoms with Gasteiger partial charge in [0.1, 0.15) is 0 Å². The maximum absolute atomic E-state index is 6.22. The van der Waals surface area contributed by atoms with Crippen molar-refractivity contribution in [3.05, 3.63) is 51.3 Å². The number of benzene rings is 1. The topological polar surface area (TPSA) is 33.6 Å². The van der Waals surface area contributed by atoms with Crippen LogP contribution in [0.2, 0.25) is 10.0 Å². The normalized spacial score (nSPS) is 11.0. The molecule has 0 unspecified atom stereocenters. The largest absolute Gasteiger partial charge is 0.329 e. The number of nitrogens with one attached hydrogen (secondary N) is 1. The second-order valence-electron chi connectivity index (χ2n) is 3.71. The molecule has 2 heterocycles. The first kappa shape index (κ1) is 11.7. The maximum Gasteiger partial charge on any atom is 0.184 e. The number of H-pyrrole nitrogens is 1. The molecule has 0 aliphatic heterocycles. The van der Waals surface area contributed by atoms with Crippen LogP contribution >= 0.6 is 35.4 Å². The van der Waals surface area contributed by atoms with Gasteiger partial charge < -0.3 is 4.98 Å². The van der Waals surface area contributed by atoms with Gasteiger partial charge in [-0.05, 0) is 36.5 Å². The van der Waals surface area contributed by atoms with Gasteiger partial charge in [-0.3, -0.25) is 4.57 Å². The number of pyridine rings is 1. The Bertz CT molecular complexity index is 791. The molecule has 3 aromatic rings. The third-order valence-corrected chi connectivity index (χ3v) is 3.71. The number of aromatic amines is 1. The summed E-state index contributed by atoms with van der Waals surface area (Å²) in [6, 6.07) is 9.17. The van der Waals surface area contributed by atoms with E-state index >= 15 is 0 Å². The standard InChI is InChI=1S/C12H7Cl2N3S/c13-7-3-1-5-9(10(7)14)17-11-8(16-12(17)18)4-2-6-15-11/h1-6H,(H,16,18). The SMILES string of the molecule is S=c1[nH]c2cccnc2n1-c1cccc(Cl)c1Cl. The molecular formula is C12H7Cl2N3S. The molecule has 1 N–H and O–H groups in total. The number of nitrogens with zero attached hydrogens (tertiary/aromatic N) is 2.